The van der Waals surface area contributed by atoms with Crippen molar-refractivity contribution in [2.45, 2.75) is 19.3 Å². The summed E-state index contributed by atoms with van der Waals surface area (Å²) in [7, 11) is 0. The second-order valence-corrected chi connectivity index (χ2v) is 15.1. The maximum Gasteiger partial charge on any atom is 0.164 e. The minimum absolute atomic E-state index is 0.273. The third-order valence-corrected chi connectivity index (χ3v) is 11.2. The van der Waals surface area contributed by atoms with Gasteiger partial charge in [-0.1, -0.05) is 129 Å². The zero-order valence-electron chi connectivity index (χ0n) is 31.5. The summed E-state index contributed by atoms with van der Waals surface area (Å²) >= 11 is 0. The van der Waals surface area contributed by atoms with Gasteiger partial charge < -0.3 is 0 Å². The molecule has 0 radical (unpaired) electrons. The Balaban J connectivity index is 1.13. The zero-order valence-corrected chi connectivity index (χ0v) is 31.5. The second kappa shape index (κ2) is 13.6. The van der Waals surface area contributed by atoms with Crippen molar-refractivity contribution >= 4 is 10.8 Å². The van der Waals surface area contributed by atoms with Crippen molar-refractivity contribution in [3.8, 4) is 84.7 Å². The van der Waals surface area contributed by atoms with Crippen LogP contribution in [0, 0.1) is 11.3 Å². The van der Waals surface area contributed by atoms with E-state index in [0.717, 1.165) is 60.8 Å². The zero-order chi connectivity index (χ0) is 38.5. The van der Waals surface area contributed by atoms with Crippen LogP contribution in [0.3, 0.4) is 0 Å². The third kappa shape index (κ3) is 6.05. The Labute approximate surface area is 331 Å². The highest BCUT2D eigenvalue weighted by Crippen LogP contribution is 2.51. The van der Waals surface area contributed by atoms with Gasteiger partial charge in [-0.25, -0.2) is 15.0 Å². The minimum Gasteiger partial charge on any atom is -0.264 e. The number of aromatic nitrogens is 4. The van der Waals surface area contributed by atoms with Crippen LogP contribution in [0.4, 0.5) is 0 Å². The lowest BCUT2D eigenvalue weighted by Gasteiger charge is -2.22. The largest absolute Gasteiger partial charge is 0.264 e. The first-order valence-electron chi connectivity index (χ1n) is 19.1. The first-order chi connectivity index (χ1) is 27.9. The number of nitrogens with zero attached hydrogens (tertiary/aromatic N) is 5. The molecule has 5 nitrogen and oxygen atoms in total. The highest BCUT2D eigenvalue weighted by Gasteiger charge is 2.36. The van der Waals surface area contributed by atoms with E-state index in [4.69, 9.17) is 15.0 Å². The van der Waals surface area contributed by atoms with Crippen molar-refractivity contribution in [3.63, 3.8) is 0 Å². The van der Waals surface area contributed by atoms with Crippen molar-refractivity contribution < 1.29 is 0 Å². The third-order valence-electron chi connectivity index (χ3n) is 11.2. The molecule has 0 N–H and O–H groups in total. The molecule has 7 aromatic carbocycles. The van der Waals surface area contributed by atoms with Gasteiger partial charge in [-0.3, -0.25) is 4.98 Å². The van der Waals surface area contributed by atoms with E-state index in [2.05, 4.69) is 134 Å². The summed E-state index contributed by atoms with van der Waals surface area (Å²) in [6.07, 6.45) is 3.69. The lowest BCUT2D eigenvalue weighted by atomic mass is 9.80. The van der Waals surface area contributed by atoms with Crippen LogP contribution >= 0.6 is 0 Å². The van der Waals surface area contributed by atoms with Gasteiger partial charge >= 0.3 is 0 Å². The molecule has 9 aromatic rings. The normalized spacial score (nSPS) is 12.5. The summed E-state index contributed by atoms with van der Waals surface area (Å²) in [5.41, 5.74) is 14.5. The van der Waals surface area contributed by atoms with Crippen LogP contribution in [0.2, 0.25) is 0 Å². The molecule has 0 aliphatic heterocycles. The van der Waals surface area contributed by atoms with Crippen LogP contribution in [-0.4, -0.2) is 19.9 Å². The van der Waals surface area contributed by atoms with E-state index < -0.39 is 0 Å². The summed E-state index contributed by atoms with van der Waals surface area (Å²) in [6, 6.07) is 59.1. The number of rotatable bonds is 6. The number of benzene rings is 7. The predicted octanol–water partition coefficient (Wildman–Crippen LogP) is 12.6. The van der Waals surface area contributed by atoms with E-state index in [-0.39, 0.29) is 5.41 Å². The van der Waals surface area contributed by atoms with E-state index in [1.165, 1.54) is 22.3 Å². The summed E-state index contributed by atoms with van der Waals surface area (Å²) in [4.78, 5) is 19.8. The molecule has 5 heteroatoms. The number of hydrogen-bond donors (Lipinski definition) is 0. The van der Waals surface area contributed by atoms with Crippen LogP contribution in [-0.2, 0) is 5.41 Å². The number of hydrogen-bond acceptors (Lipinski definition) is 5. The van der Waals surface area contributed by atoms with Gasteiger partial charge in [-0.15, -0.1) is 0 Å². The fourth-order valence-corrected chi connectivity index (χ4v) is 8.20. The van der Waals surface area contributed by atoms with Crippen molar-refractivity contribution in [2.75, 3.05) is 0 Å². The van der Waals surface area contributed by atoms with Crippen LogP contribution in [0.5, 0.6) is 0 Å². The molecule has 0 atom stereocenters. The van der Waals surface area contributed by atoms with Crippen molar-refractivity contribution in [2.24, 2.45) is 0 Å². The topological polar surface area (TPSA) is 75.3 Å². The van der Waals surface area contributed by atoms with E-state index in [9.17, 15) is 5.26 Å². The summed E-state index contributed by atoms with van der Waals surface area (Å²) in [5.74, 6) is 1.81. The Morgan fingerprint density at radius 3 is 1.68 bits per heavy atom. The molecule has 57 heavy (non-hydrogen) atoms. The van der Waals surface area contributed by atoms with Gasteiger partial charge in [-0.05, 0) is 109 Å². The summed E-state index contributed by atoms with van der Waals surface area (Å²) in [6.45, 7) is 4.56. The minimum atomic E-state index is -0.273. The fraction of sp³-hybridized carbons (Fsp3) is 0.0577. The molecule has 0 fully saturated rings. The van der Waals surface area contributed by atoms with Crippen LogP contribution in [0.25, 0.3) is 89.4 Å². The fourth-order valence-electron chi connectivity index (χ4n) is 8.20. The number of fused-ring (bicyclic) bond motifs is 4. The Morgan fingerprint density at radius 1 is 0.439 bits per heavy atom. The van der Waals surface area contributed by atoms with E-state index >= 15 is 0 Å². The second-order valence-electron chi connectivity index (χ2n) is 15.1. The van der Waals surface area contributed by atoms with Crippen molar-refractivity contribution in [1.29, 1.82) is 5.26 Å². The van der Waals surface area contributed by atoms with Crippen LogP contribution in [0.15, 0.2) is 176 Å². The SMILES string of the molecule is CC1(C)c2cc(-c3cc(-c4cccnc4)cc(-c4nc(-c5ccccc5)nc(-c5ccc(-c6ccccc6)cc5)n4)c3)ccc2-c2cc3cccc(C#N)c3cc21. The van der Waals surface area contributed by atoms with Crippen LogP contribution < -0.4 is 0 Å². The van der Waals surface area contributed by atoms with Gasteiger partial charge in [0.1, 0.15) is 0 Å². The average molecular weight is 730 g/mol. The van der Waals surface area contributed by atoms with E-state index in [1.54, 1.807) is 6.20 Å². The molecule has 0 saturated heterocycles. The molecule has 0 bridgehead atoms. The molecule has 1 aliphatic rings. The molecule has 0 spiro atoms. The predicted molar refractivity (Wildman–Crippen MR) is 230 cm³/mol. The van der Waals surface area contributed by atoms with Gasteiger partial charge in [0.2, 0.25) is 0 Å². The quantitative estimate of drug-likeness (QED) is 0.170. The molecule has 2 aromatic heterocycles. The summed E-state index contributed by atoms with van der Waals surface area (Å²) in [5, 5.41) is 12.0. The van der Waals surface area contributed by atoms with Gasteiger partial charge in [0.25, 0.3) is 0 Å². The highest BCUT2D eigenvalue weighted by molar-refractivity contribution is 5.97. The molecule has 0 saturated carbocycles. The Bertz CT molecular complexity index is 3020. The van der Waals surface area contributed by atoms with E-state index in [1.807, 2.05) is 60.8 Å². The molecular weight excluding hydrogens is 695 g/mol. The maximum atomic E-state index is 9.89. The first kappa shape index (κ1) is 34.0. The lowest BCUT2D eigenvalue weighted by molar-refractivity contribution is 0.661. The standard InChI is InChI=1S/C52H35N5/c1-52(2)47-29-37(22-23-44(47)46-28-38-15-9-16-39(31-53)45(38)30-48(46)52)41-25-42(40-17-10-24-54-32-40)27-43(26-41)51-56-49(35-13-7-4-8-14-35)55-50(57-51)36-20-18-34(19-21-36)33-11-5-3-6-12-33/h3-30,32H,1-2H3. The van der Waals surface area contributed by atoms with Gasteiger partial charge in [0.15, 0.2) is 17.5 Å². The highest BCUT2D eigenvalue weighted by atomic mass is 15.0. The van der Waals surface area contributed by atoms with E-state index in [0.29, 0.717) is 23.0 Å². The molecule has 0 amide bonds. The van der Waals surface area contributed by atoms with Gasteiger partial charge in [0.05, 0.1) is 11.6 Å². The number of nitriles is 1. The molecule has 268 valence electrons. The van der Waals surface area contributed by atoms with Crippen molar-refractivity contribution in [3.05, 3.63) is 193 Å². The number of pyridine rings is 1. The lowest BCUT2D eigenvalue weighted by Crippen LogP contribution is -2.15. The molecule has 1 aliphatic carbocycles. The molecular formula is C52H35N5. The molecule has 10 rings (SSSR count). The average Bonchev–Trinajstić information content (AvgIpc) is 3.50. The Kier molecular flexibility index (Phi) is 8.13. The Hall–Kier alpha value is -7.55. The maximum absolute atomic E-state index is 9.89. The smallest absolute Gasteiger partial charge is 0.164 e. The van der Waals surface area contributed by atoms with Crippen molar-refractivity contribution in [1.82, 2.24) is 19.9 Å². The molecule has 0 unspecified atom stereocenters. The Morgan fingerprint density at radius 2 is 1.00 bits per heavy atom. The monoisotopic (exact) mass is 729 g/mol. The summed E-state index contributed by atoms with van der Waals surface area (Å²) < 4.78 is 0. The van der Waals surface area contributed by atoms with Gasteiger partial charge in [-0.2, -0.15) is 5.26 Å². The first-order valence-corrected chi connectivity index (χ1v) is 19.1. The van der Waals surface area contributed by atoms with Crippen LogP contribution in [0.1, 0.15) is 30.5 Å². The molecule has 2 heterocycles. The van der Waals surface area contributed by atoms with Gasteiger partial charge in [0, 0.05) is 40.1 Å².